The number of aryl methyl sites for hydroxylation is 1. The van der Waals surface area contributed by atoms with E-state index in [9.17, 15) is 4.79 Å². The van der Waals surface area contributed by atoms with Gasteiger partial charge in [-0.1, -0.05) is 82.6 Å². The molecular weight excluding hydrogens is 320 g/mol. The summed E-state index contributed by atoms with van der Waals surface area (Å²) in [5.41, 5.74) is 7.36. The highest BCUT2D eigenvalue weighted by molar-refractivity contribution is 6.09. The predicted octanol–water partition coefficient (Wildman–Crippen LogP) is 5.59. The zero-order valence-electron chi connectivity index (χ0n) is 16.5. The van der Waals surface area contributed by atoms with E-state index in [4.69, 9.17) is 11.1 Å². The van der Waals surface area contributed by atoms with Gasteiger partial charge < -0.3 is 5.73 Å². The highest BCUT2D eigenvalue weighted by Gasteiger charge is 2.52. The van der Waals surface area contributed by atoms with Crippen molar-refractivity contribution in [1.29, 1.82) is 5.41 Å². The molecule has 0 saturated heterocycles. The number of ketones is 1. The Morgan fingerprint density at radius 1 is 0.923 bits per heavy atom. The lowest BCUT2D eigenvalue weighted by Gasteiger charge is -2.12. The van der Waals surface area contributed by atoms with Crippen LogP contribution in [0.15, 0.2) is 24.3 Å². The van der Waals surface area contributed by atoms with Gasteiger partial charge >= 0.3 is 0 Å². The maximum atomic E-state index is 12.4. The molecule has 2 rings (SSSR count). The van der Waals surface area contributed by atoms with E-state index in [0.29, 0.717) is 6.42 Å². The lowest BCUT2D eigenvalue weighted by molar-refractivity contribution is -0.121. The number of nitrogens with one attached hydrogen (secondary N) is 1. The molecule has 0 aliphatic heterocycles. The molecule has 3 heteroatoms. The summed E-state index contributed by atoms with van der Waals surface area (Å²) in [7, 11) is 0. The van der Waals surface area contributed by atoms with Crippen LogP contribution in [0.25, 0.3) is 0 Å². The molecular formula is C23H36N2O. The summed E-state index contributed by atoms with van der Waals surface area (Å²) in [5, 5.41) is 7.61. The second kappa shape index (κ2) is 10.5. The lowest BCUT2D eigenvalue weighted by atomic mass is 9.93. The summed E-state index contributed by atoms with van der Waals surface area (Å²) in [4.78, 5) is 12.4. The van der Waals surface area contributed by atoms with Crippen LogP contribution in [0, 0.1) is 10.8 Å². The van der Waals surface area contributed by atoms with E-state index in [0.717, 1.165) is 24.8 Å². The van der Waals surface area contributed by atoms with Crippen LogP contribution in [-0.2, 0) is 17.6 Å². The van der Waals surface area contributed by atoms with Gasteiger partial charge in [0.25, 0.3) is 0 Å². The molecule has 0 bridgehead atoms. The monoisotopic (exact) mass is 356 g/mol. The Bertz CT molecular complexity index is 572. The summed E-state index contributed by atoms with van der Waals surface area (Å²) < 4.78 is 0. The minimum absolute atomic E-state index is 0.0458. The minimum atomic E-state index is -0.630. The molecule has 1 saturated carbocycles. The third-order valence-corrected chi connectivity index (χ3v) is 5.76. The number of hydrogen-bond acceptors (Lipinski definition) is 2. The largest absolute Gasteiger partial charge is 0.387 e. The molecule has 1 aromatic rings. The van der Waals surface area contributed by atoms with Gasteiger partial charge in [0, 0.05) is 6.42 Å². The van der Waals surface area contributed by atoms with Crippen molar-refractivity contribution in [3.8, 4) is 0 Å². The summed E-state index contributed by atoms with van der Waals surface area (Å²) in [6.07, 6.45) is 15.2. The number of hydrogen-bond donors (Lipinski definition) is 2. The molecule has 0 spiro atoms. The normalized spacial score (nSPS) is 15.0. The molecule has 0 radical (unpaired) electrons. The van der Waals surface area contributed by atoms with Crippen molar-refractivity contribution >= 4 is 11.6 Å². The van der Waals surface area contributed by atoms with Crippen LogP contribution in [-0.4, -0.2) is 11.6 Å². The first kappa shape index (κ1) is 20.7. The molecule has 0 heterocycles. The van der Waals surface area contributed by atoms with Gasteiger partial charge in [0.15, 0.2) is 5.78 Å². The van der Waals surface area contributed by atoms with Crippen molar-refractivity contribution in [2.24, 2.45) is 11.1 Å². The quantitative estimate of drug-likeness (QED) is 0.259. The summed E-state index contributed by atoms with van der Waals surface area (Å²) in [6.45, 7) is 2.26. The fraction of sp³-hybridized carbons (Fsp3) is 0.652. The first-order valence-electron chi connectivity index (χ1n) is 10.5. The van der Waals surface area contributed by atoms with Crippen LogP contribution >= 0.6 is 0 Å². The number of carbonyl (C=O) groups is 1. The first-order chi connectivity index (χ1) is 12.6. The molecule has 144 valence electrons. The summed E-state index contributed by atoms with van der Waals surface area (Å²) in [6, 6.07) is 8.44. The average Bonchev–Trinajstić information content (AvgIpc) is 3.44. The number of unbranched alkanes of at least 4 members (excludes halogenated alkanes) is 8. The number of nitrogens with two attached hydrogens (primary N) is 1. The van der Waals surface area contributed by atoms with Crippen LogP contribution in [0.4, 0.5) is 0 Å². The van der Waals surface area contributed by atoms with E-state index in [1.165, 1.54) is 63.4 Å². The predicted molar refractivity (Wildman–Crippen MR) is 110 cm³/mol. The highest BCUT2D eigenvalue weighted by Crippen LogP contribution is 2.47. The Morgan fingerprint density at radius 2 is 1.42 bits per heavy atom. The van der Waals surface area contributed by atoms with E-state index >= 15 is 0 Å². The smallest absolute Gasteiger partial charge is 0.150 e. The van der Waals surface area contributed by atoms with Gasteiger partial charge in [0.1, 0.15) is 5.84 Å². The molecule has 1 aliphatic carbocycles. The fourth-order valence-electron chi connectivity index (χ4n) is 3.64. The second-order valence-corrected chi connectivity index (χ2v) is 7.99. The molecule has 0 atom stereocenters. The van der Waals surface area contributed by atoms with Crippen LogP contribution in [0.5, 0.6) is 0 Å². The lowest BCUT2D eigenvalue weighted by Crippen LogP contribution is -2.32. The molecule has 3 nitrogen and oxygen atoms in total. The zero-order chi connectivity index (χ0) is 18.8. The van der Waals surface area contributed by atoms with Crippen LogP contribution in [0.2, 0.25) is 0 Å². The number of benzene rings is 1. The van der Waals surface area contributed by atoms with Crippen molar-refractivity contribution in [2.45, 2.75) is 90.4 Å². The molecule has 1 fully saturated rings. The Balaban J connectivity index is 1.61. The first-order valence-corrected chi connectivity index (χ1v) is 10.5. The maximum absolute atomic E-state index is 12.4. The molecule has 1 aromatic carbocycles. The van der Waals surface area contributed by atoms with E-state index in [2.05, 4.69) is 31.2 Å². The van der Waals surface area contributed by atoms with Crippen LogP contribution in [0.1, 0.15) is 88.7 Å². The van der Waals surface area contributed by atoms with Gasteiger partial charge in [0.05, 0.1) is 5.41 Å². The van der Waals surface area contributed by atoms with Crippen molar-refractivity contribution in [3.05, 3.63) is 35.4 Å². The Labute approximate surface area is 159 Å². The fourth-order valence-corrected chi connectivity index (χ4v) is 3.64. The molecule has 3 N–H and O–H groups in total. The van der Waals surface area contributed by atoms with Gasteiger partial charge in [-0.05, 0) is 36.8 Å². The van der Waals surface area contributed by atoms with E-state index < -0.39 is 5.41 Å². The molecule has 1 aliphatic rings. The van der Waals surface area contributed by atoms with E-state index in [1.54, 1.807) is 0 Å². The molecule has 0 unspecified atom stereocenters. The summed E-state index contributed by atoms with van der Waals surface area (Å²) >= 11 is 0. The van der Waals surface area contributed by atoms with Crippen LogP contribution < -0.4 is 5.73 Å². The van der Waals surface area contributed by atoms with Gasteiger partial charge in [-0.3, -0.25) is 10.2 Å². The van der Waals surface area contributed by atoms with Gasteiger partial charge in [-0.25, -0.2) is 0 Å². The van der Waals surface area contributed by atoms with Crippen molar-refractivity contribution in [1.82, 2.24) is 0 Å². The van der Waals surface area contributed by atoms with Crippen LogP contribution in [0.3, 0.4) is 0 Å². The Kier molecular flexibility index (Phi) is 8.34. The molecule has 0 amide bonds. The standard InChI is InChI=1S/C23H36N2O/c1-2-3-4-5-6-7-8-9-10-11-19-12-14-20(15-13-19)18-21(26)23(16-17-23)22(24)25/h12-15H,2-11,16-18H2,1H3,(H3,24,25). The zero-order valence-corrected chi connectivity index (χ0v) is 16.5. The number of amidine groups is 1. The minimum Gasteiger partial charge on any atom is -0.387 e. The SMILES string of the molecule is CCCCCCCCCCCc1ccc(CC(=O)C2(C(=N)N)CC2)cc1. The van der Waals surface area contributed by atoms with E-state index in [-0.39, 0.29) is 11.6 Å². The van der Waals surface area contributed by atoms with Crippen molar-refractivity contribution < 1.29 is 4.79 Å². The highest BCUT2D eigenvalue weighted by atomic mass is 16.1. The number of carbonyl (C=O) groups excluding carboxylic acids is 1. The number of rotatable bonds is 14. The summed E-state index contributed by atoms with van der Waals surface area (Å²) in [5.74, 6) is 0.154. The molecule has 0 aromatic heterocycles. The average molecular weight is 357 g/mol. The third-order valence-electron chi connectivity index (χ3n) is 5.76. The molecule has 26 heavy (non-hydrogen) atoms. The Morgan fingerprint density at radius 3 is 1.92 bits per heavy atom. The van der Waals surface area contributed by atoms with Gasteiger partial charge in [0.2, 0.25) is 0 Å². The van der Waals surface area contributed by atoms with E-state index in [1.807, 2.05) is 0 Å². The van der Waals surface area contributed by atoms with Crippen molar-refractivity contribution in [3.63, 3.8) is 0 Å². The number of Topliss-reactive ketones (excluding diaryl/α,β-unsaturated/α-hetero) is 1. The Hall–Kier alpha value is -1.64. The second-order valence-electron chi connectivity index (χ2n) is 7.99. The van der Waals surface area contributed by atoms with Gasteiger partial charge in [-0.2, -0.15) is 0 Å². The third kappa shape index (κ3) is 6.26. The maximum Gasteiger partial charge on any atom is 0.150 e. The van der Waals surface area contributed by atoms with Crippen molar-refractivity contribution in [2.75, 3.05) is 0 Å². The van der Waals surface area contributed by atoms with Gasteiger partial charge in [-0.15, -0.1) is 0 Å². The topological polar surface area (TPSA) is 66.9 Å².